The molecule has 0 N–H and O–H groups in total. The van der Waals surface area contributed by atoms with Gasteiger partial charge in [-0.15, -0.1) is 0 Å². The quantitative estimate of drug-likeness (QED) is 0.0318. The SMILES string of the molecule is CCCCCCCCCc1ccc(OCCOC(=O)CC(SOO[O-])C(=O)OCCC(F)(F)C(F)(F)C(F)(F)C(F)(F)F)cc1.[Na+]. The number of aryl methyl sites for hydroxylation is 1. The van der Waals surface area contributed by atoms with Gasteiger partial charge >= 0.3 is 65.4 Å². The van der Waals surface area contributed by atoms with E-state index in [1.807, 2.05) is 12.1 Å². The van der Waals surface area contributed by atoms with Crippen LogP contribution in [0.4, 0.5) is 39.5 Å². The van der Waals surface area contributed by atoms with Gasteiger partial charge in [-0.05, 0) is 30.5 Å². The fourth-order valence-electron chi connectivity index (χ4n) is 3.72. The standard InChI is InChI=1S/C27H35F9O8S.Na/c1-2-3-4-5-6-7-8-9-19-10-12-20(13-11-19)40-16-17-41-22(37)18-21(45-44-43-39)23(38)42-15-14-24(28,29)25(30,31)26(32,33)27(34,35)36;/h10-13,21,39H,2-9,14-18H2,1H3;/q;+1/p-1. The van der Waals surface area contributed by atoms with Gasteiger partial charge in [-0.2, -0.15) is 43.8 Å². The van der Waals surface area contributed by atoms with Crippen molar-refractivity contribution < 1.29 is 107 Å². The fraction of sp³-hybridized carbons (Fsp3) is 0.704. The first-order valence-electron chi connectivity index (χ1n) is 13.9. The number of esters is 2. The maximum absolute atomic E-state index is 13.6. The summed E-state index contributed by atoms with van der Waals surface area (Å²) in [5.74, 6) is -22.3. The van der Waals surface area contributed by atoms with Crippen LogP contribution in [0.2, 0.25) is 0 Å². The summed E-state index contributed by atoms with van der Waals surface area (Å²) in [5, 5.41) is 11.2. The van der Waals surface area contributed by atoms with Gasteiger partial charge in [0.25, 0.3) is 0 Å². The maximum Gasteiger partial charge on any atom is 1.00 e. The van der Waals surface area contributed by atoms with Crippen molar-refractivity contribution >= 4 is 24.0 Å². The Kier molecular flexibility index (Phi) is 20.8. The van der Waals surface area contributed by atoms with Crippen molar-refractivity contribution in [2.75, 3.05) is 19.8 Å². The molecule has 0 aliphatic carbocycles. The molecule has 0 fully saturated rings. The monoisotopic (exact) mass is 712 g/mol. The summed E-state index contributed by atoms with van der Waals surface area (Å²) in [7, 11) is 0. The van der Waals surface area contributed by atoms with Crippen LogP contribution in [0, 0.1) is 0 Å². The van der Waals surface area contributed by atoms with Crippen LogP contribution < -0.4 is 39.6 Å². The summed E-state index contributed by atoms with van der Waals surface area (Å²) in [6, 6.07) is 7.24. The molecule has 0 radical (unpaired) electrons. The van der Waals surface area contributed by atoms with Gasteiger partial charge in [0.05, 0.1) is 19.4 Å². The molecule has 260 valence electrons. The number of rotatable bonds is 23. The number of alkyl halides is 9. The van der Waals surface area contributed by atoms with E-state index in [1.165, 1.54) is 32.1 Å². The molecule has 1 aromatic carbocycles. The van der Waals surface area contributed by atoms with Crippen molar-refractivity contribution in [1.82, 2.24) is 0 Å². The van der Waals surface area contributed by atoms with Crippen molar-refractivity contribution in [3.8, 4) is 5.75 Å². The Morgan fingerprint density at radius 3 is 1.96 bits per heavy atom. The zero-order chi connectivity index (χ0) is 34.2. The Morgan fingerprint density at radius 1 is 0.804 bits per heavy atom. The smallest absolute Gasteiger partial charge is 0.691 e. The molecule has 0 saturated carbocycles. The maximum atomic E-state index is 13.6. The van der Waals surface area contributed by atoms with E-state index in [1.54, 1.807) is 12.1 Å². The number of hydrogen-bond donors (Lipinski definition) is 0. The summed E-state index contributed by atoms with van der Waals surface area (Å²) in [4.78, 5) is 24.1. The van der Waals surface area contributed by atoms with Crippen molar-refractivity contribution in [1.29, 1.82) is 0 Å². The number of unbranched alkanes of at least 4 members (excludes halogenated alkanes) is 6. The van der Waals surface area contributed by atoms with E-state index >= 15 is 0 Å². The predicted molar refractivity (Wildman–Crippen MR) is 139 cm³/mol. The number of halogens is 9. The van der Waals surface area contributed by atoms with Crippen molar-refractivity contribution in [3.05, 3.63) is 29.8 Å². The Morgan fingerprint density at radius 2 is 1.39 bits per heavy atom. The van der Waals surface area contributed by atoms with Crippen LogP contribution in [-0.4, -0.2) is 61.0 Å². The summed E-state index contributed by atoms with van der Waals surface area (Å²) < 4.78 is 135. The minimum atomic E-state index is -7.10. The second kappa shape index (κ2) is 21.5. The minimum absolute atomic E-state index is 0. The van der Waals surface area contributed by atoms with Crippen molar-refractivity contribution in [2.45, 2.75) is 100 Å². The van der Waals surface area contributed by atoms with Gasteiger partial charge in [-0.3, -0.25) is 14.6 Å². The van der Waals surface area contributed by atoms with Crippen LogP contribution in [0.15, 0.2) is 24.3 Å². The third kappa shape index (κ3) is 14.8. The molecule has 0 aliphatic heterocycles. The molecule has 0 aliphatic rings. The van der Waals surface area contributed by atoms with Gasteiger partial charge in [-0.25, -0.2) is 0 Å². The van der Waals surface area contributed by atoms with E-state index in [2.05, 4.69) is 21.0 Å². The van der Waals surface area contributed by atoms with Gasteiger partial charge in [-0.1, -0.05) is 57.6 Å². The summed E-state index contributed by atoms with van der Waals surface area (Å²) in [6.45, 7) is -0.0699. The van der Waals surface area contributed by atoms with Gasteiger partial charge in [0.15, 0.2) is 0 Å². The van der Waals surface area contributed by atoms with Crippen LogP contribution in [0.1, 0.15) is 70.3 Å². The topological polar surface area (TPSA) is 103 Å². The van der Waals surface area contributed by atoms with E-state index in [9.17, 15) is 54.4 Å². The van der Waals surface area contributed by atoms with Crippen LogP contribution >= 0.6 is 12.0 Å². The minimum Gasteiger partial charge on any atom is -0.691 e. The Balaban J connectivity index is 0.0000202. The normalized spacial score (nSPS) is 13.1. The number of benzene rings is 1. The molecule has 0 spiro atoms. The average Bonchev–Trinajstić information content (AvgIpc) is 2.96. The average molecular weight is 713 g/mol. The van der Waals surface area contributed by atoms with Crippen molar-refractivity contribution in [2.24, 2.45) is 0 Å². The zero-order valence-electron chi connectivity index (χ0n) is 25.2. The molecule has 1 rings (SSSR count). The second-order valence-electron chi connectivity index (χ2n) is 9.78. The zero-order valence-corrected chi connectivity index (χ0v) is 28.0. The third-order valence-electron chi connectivity index (χ3n) is 6.28. The molecule has 0 amide bonds. The summed E-state index contributed by atoms with van der Waals surface area (Å²) >= 11 is -0.168. The van der Waals surface area contributed by atoms with Crippen molar-refractivity contribution in [3.63, 3.8) is 0 Å². The molecule has 1 atom stereocenters. The first kappa shape index (κ1) is 44.6. The Hall–Kier alpha value is -1.44. The molecule has 19 heteroatoms. The predicted octanol–water partition coefficient (Wildman–Crippen LogP) is 3.94. The first-order valence-corrected chi connectivity index (χ1v) is 14.7. The van der Waals surface area contributed by atoms with E-state index in [4.69, 9.17) is 9.47 Å². The first-order chi connectivity index (χ1) is 21.0. The Bertz CT molecular complexity index is 1020. The molecule has 1 aromatic rings. The van der Waals surface area contributed by atoms with Crippen LogP contribution in [-0.2, 0) is 34.9 Å². The molecule has 0 heterocycles. The van der Waals surface area contributed by atoms with Gasteiger partial charge in [0.1, 0.15) is 24.2 Å². The molecule has 1 unspecified atom stereocenters. The molecular weight excluding hydrogens is 678 g/mol. The fourth-order valence-corrected chi connectivity index (χ4v) is 4.20. The third-order valence-corrected chi connectivity index (χ3v) is 7.00. The van der Waals surface area contributed by atoms with Gasteiger partial charge in [0.2, 0.25) is 0 Å². The number of carbonyl (C=O) groups excluding carboxylic acids is 2. The number of hydrogen-bond acceptors (Lipinski definition) is 9. The number of carbonyl (C=O) groups is 2. The molecule has 0 bridgehead atoms. The summed E-state index contributed by atoms with van der Waals surface area (Å²) in [6.07, 6.45) is -1.17. The molecular formula is C27H34F9NaO8S. The van der Waals surface area contributed by atoms with E-state index < -0.39 is 60.6 Å². The van der Waals surface area contributed by atoms with Crippen LogP contribution in [0.25, 0.3) is 0 Å². The van der Waals surface area contributed by atoms with Gasteiger partial charge in [0, 0.05) is 12.0 Å². The largest absolute Gasteiger partial charge is 1.00 e. The van der Waals surface area contributed by atoms with Crippen LogP contribution in [0.5, 0.6) is 5.75 Å². The van der Waals surface area contributed by atoms with E-state index in [-0.39, 0.29) is 54.8 Å². The molecule has 46 heavy (non-hydrogen) atoms. The van der Waals surface area contributed by atoms with Crippen LogP contribution in [0.3, 0.4) is 0 Å². The molecule has 0 saturated heterocycles. The summed E-state index contributed by atoms with van der Waals surface area (Å²) in [5.41, 5.74) is 1.12. The molecule has 8 nitrogen and oxygen atoms in total. The molecule has 0 aromatic heterocycles. The Labute approximate surface area is 286 Å². The van der Waals surface area contributed by atoms with E-state index in [0.717, 1.165) is 24.8 Å². The number of ether oxygens (including phenoxy) is 3. The second-order valence-corrected chi connectivity index (χ2v) is 10.7. The van der Waals surface area contributed by atoms with E-state index in [0.29, 0.717) is 5.75 Å². The van der Waals surface area contributed by atoms with Gasteiger partial charge < -0.3 is 19.5 Å².